The van der Waals surface area contributed by atoms with E-state index in [0.717, 1.165) is 0 Å². The van der Waals surface area contributed by atoms with Crippen LogP contribution in [0.2, 0.25) is 0 Å². The summed E-state index contributed by atoms with van der Waals surface area (Å²) < 4.78 is 0. The maximum Gasteiger partial charge on any atom is 0.314 e. The van der Waals surface area contributed by atoms with Crippen molar-refractivity contribution in [3.63, 3.8) is 0 Å². The number of rotatable bonds is 2. The minimum atomic E-state index is -0.694. The first-order chi connectivity index (χ1) is 3.63. The fraction of sp³-hybridized carbons (Fsp3) is 0.500. The van der Waals surface area contributed by atoms with Crippen LogP contribution in [0.3, 0.4) is 0 Å². The molecule has 0 aliphatic rings. The number of hydrogen-bond acceptors (Lipinski definition) is 2. The van der Waals surface area contributed by atoms with Crippen LogP contribution in [0.25, 0.3) is 0 Å². The Bertz CT molecular complexity index is 98.6. The number of nitrogens with one attached hydrogen (secondary N) is 1. The molecule has 0 aliphatic carbocycles. The van der Waals surface area contributed by atoms with Gasteiger partial charge >= 0.3 is 5.37 Å². The predicted molar refractivity (Wildman–Crippen MR) is 29.9 cm³/mol. The van der Waals surface area contributed by atoms with Crippen LogP contribution in [-0.2, 0) is 4.79 Å². The zero-order valence-electron chi connectivity index (χ0n) is 4.40. The van der Waals surface area contributed by atoms with Crippen LogP contribution in [0.15, 0.2) is 0 Å². The van der Waals surface area contributed by atoms with Gasteiger partial charge in [-0.25, -0.2) is 0 Å². The number of hydrogen-bond donors (Lipinski definition) is 1. The average molecular weight is 136 g/mol. The Kier molecular flexibility index (Phi) is 3.19. The molecule has 0 spiro atoms. The van der Waals surface area contributed by atoms with Gasteiger partial charge in [-0.3, -0.25) is 9.59 Å². The van der Waals surface area contributed by atoms with Crippen molar-refractivity contribution in [2.75, 3.05) is 6.54 Å². The molecule has 4 heteroatoms. The molecule has 0 bridgehead atoms. The van der Waals surface area contributed by atoms with Gasteiger partial charge in [0.2, 0.25) is 0 Å². The SMILES string of the molecule is CC(=O)CNC(=O)Cl. The van der Waals surface area contributed by atoms with Crippen molar-refractivity contribution in [1.82, 2.24) is 5.32 Å². The first-order valence-corrected chi connectivity index (χ1v) is 2.43. The van der Waals surface area contributed by atoms with Gasteiger partial charge in [0.05, 0.1) is 6.54 Å². The molecule has 0 aromatic carbocycles. The molecule has 1 amide bonds. The smallest absolute Gasteiger partial charge is 0.314 e. The second kappa shape index (κ2) is 3.43. The zero-order valence-corrected chi connectivity index (χ0v) is 5.16. The van der Waals surface area contributed by atoms with Gasteiger partial charge < -0.3 is 5.32 Å². The summed E-state index contributed by atoms with van der Waals surface area (Å²) in [5.41, 5.74) is 0. The molecule has 0 radical (unpaired) electrons. The maximum atomic E-state index is 10.1. The van der Waals surface area contributed by atoms with E-state index in [2.05, 4.69) is 5.32 Å². The lowest BCUT2D eigenvalue weighted by Gasteiger charge is -1.91. The van der Waals surface area contributed by atoms with Crippen LogP contribution in [0.1, 0.15) is 6.92 Å². The maximum absolute atomic E-state index is 10.1. The summed E-state index contributed by atoms with van der Waals surface area (Å²) in [5.74, 6) is -0.112. The highest BCUT2D eigenvalue weighted by Gasteiger charge is 1.93. The van der Waals surface area contributed by atoms with Gasteiger partial charge in [0.15, 0.2) is 0 Å². The second-order valence-electron chi connectivity index (χ2n) is 1.33. The van der Waals surface area contributed by atoms with Crippen LogP contribution in [0, 0.1) is 0 Å². The molecule has 46 valence electrons. The molecule has 0 heterocycles. The largest absolute Gasteiger partial charge is 0.336 e. The number of halogens is 1. The van der Waals surface area contributed by atoms with E-state index in [1.807, 2.05) is 0 Å². The highest BCUT2D eigenvalue weighted by Crippen LogP contribution is 1.74. The molecule has 1 N–H and O–H groups in total. The monoisotopic (exact) mass is 135 g/mol. The topological polar surface area (TPSA) is 46.2 Å². The lowest BCUT2D eigenvalue weighted by Crippen LogP contribution is -2.22. The van der Waals surface area contributed by atoms with Crippen LogP contribution in [-0.4, -0.2) is 17.7 Å². The minimum Gasteiger partial charge on any atom is -0.336 e. The Labute approximate surface area is 52.0 Å². The molecule has 0 aliphatic heterocycles. The summed E-state index contributed by atoms with van der Waals surface area (Å²) in [6.45, 7) is 1.38. The first-order valence-electron chi connectivity index (χ1n) is 2.05. The minimum absolute atomic E-state index is 0.0162. The highest BCUT2D eigenvalue weighted by atomic mass is 35.5. The number of Topliss-reactive ketones (excluding diaryl/α,β-unsaturated/α-hetero) is 1. The molecule has 0 rings (SSSR count). The molecule has 0 unspecified atom stereocenters. The Hall–Kier alpha value is -0.570. The number of ketones is 1. The predicted octanol–water partition coefficient (Wildman–Crippen LogP) is 0.524. The second-order valence-corrected chi connectivity index (χ2v) is 1.67. The lowest BCUT2D eigenvalue weighted by molar-refractivity contribution is -0.116. The van der Waals surface area contributed by atoms with E-state index in [1.54, 1.807) is 0 Å². The van der Waals surface area contributed by atoms with Crippen molar-refractivity contribution in [3.05, 3.63) is 0 Å². The van der Waals surface area contributed by atoms with Crippen molar-refractivity contribution in [2.45, 2.75) is 6.92 Å². The molecule has 3 nitrogen and oxygen atoms in total. The van der Waals surface area contributed by atoms with Crippen molar-refractivity contribution >= 4 is 22.8 Å². The van der Waals surface area contributed by atoms with Crippen LogP contribution in [0.4, 0.5) is 4.79 Å². The van der Waals surface area contributed by atoms with E-state index in [1.165, 1.54) is 6.92 Å². The zero-order chi connectivity index (χ0) is 6.57. The highest BCUT2D eigenvalue weighted by molar-refractivity contribution is 6.63. The standard InChI is InChI=1S/C4H6ClNO2/c1-3(7)2-6-4(5)8/h2H2,1H3,(H,6,8). The molecular weight excluding hydrogens is 130 g/mol. The van der Waals surface area contributed by atoms with Crippen molar-refractivity contribution in [1.29, 1.82) is 0 Å². The third-order valence-electron chi connectivity index (χ3n) is 0.476. The number of carbonyl (C=O) groups excluding carboxylic acids is 2. The Morgan fingerprint density at radius 3 is 2.25 bits per heavy atom. The summed E-state index contributed by atoms with van der Waals surface area (Å²) in [6, 6.07) is 0. The Morgan fingerprint density at radius 2 is 2.12 bits per heavy atom. The van der Waals surface area contributed by atoms with Gasteiger partial charge in [-0.1, -0.05) is 0 Å². The van der Waals surface area contributed by atoms with E-state index in [-0.39, 0.29) is 12.3 Å². The van der Waals surface area contributed by atoms with Gasteiger partial charge in [0.25, 0.3) is 0 Å². The molecule has 8 heavy (non-hydrogen) atoms. The molecular formula is C4H6ClNO2. The molecule has 0 saturated heterocycles. The summed E-state index contributed by atoms with van der Waals surface area (Å²) in [6.07, 6.45) is 0. The first kappa shape index (κ1) is 7.43. The average Bonchev–Trinajstić information content (AvgIpc) is 1.61. The van der Waals surface area contributed by atoms with E-state index in [4.69, 9.17) is 11.6 Å². The van der Waals surface area contributed by atoms with Crippen molar-refractivity contribution in [2.24, 2.45) is 0 Å². The number of amides is 1. The Morgan fingerprint density at radius 1 is 1.62 bits per heavy atom. The third kappa shape index (κ3) is 5.43. The van der Waals surface area contributed by atoms with Gasteiger partial charge in [-0.2, -0.15) is 0 Å². The molecule has 0 aromatic heterocycles. The van der Waals surface area contributed by atoms with Crippen molar-refractivity contribution in [3.8, 4) is 0 Å². The normalized spacial score (nSPS) is 8.25. The molecule has 0 atom stereocenters. The van der Waals surface area contributed by atoms with Crippen LogP contribution >= 0.6 is 11.6 Å². The van der Waals surface area contributed by atoms with Gasteiger partial charge in [-0.15, -0.1) is 0 Å². The summed E-state index contributed by atoms with van der Waals surface area (Å²) >= 11 is 4.82. The quantitative estimate of drug-likeness (QED) is 0.443. The third-order valence-corrected chi connectivity index (χ3v) is 0.610. The summed E-state index contributed by atoms with van der Waals surface area (Å²) in [5, 5.41) is 1.43. The summed E-state index contributed by atoms with van der Waals surface area (Å²) in [7, 11) is 0. The van der Waals surface area contributed by atoms with E-state index in [9.17, 15) is 9.59 Å². The fourth-order valence-electron chi connectivity index (χ4n) is 0.194. The van der Waals surface area contributed by atoms with Crippen LogP contribution < -0.4 is 5.32 Å². The van der Waals surface area contributed by atoms with Gasteiger partial charge in [-0.05, 0) is 18.5 Å². The lowest BCUT2D eigenvalue weighted by atomic mass is 10.5. The van der Waals surface area contributed by atoms with Gasteiger partial charge in [0.1, 0.15) is 5.78 Å². The van der Waals surface area contributed by atoms with Crippen molar-refractivity contribution < 1.29 is 9.59 Å². The van der Waals surface area contributed by atoms with E-state index >= 15 is 0 Å². The van der Waals surface area contributed by atoms with Gasteiger partial charge in [0, 0.05) is 0 Å². The number of carbonyl (C=O) groups is 2. The van der Waals surface area contributed by atoms with E-state index < -0.39 is 5.37 Å². The fourth-order valence-corrected chi connectivity index (χ4v) is 0.261. The molecule has 0 fully saturated rings. The van der Waals surface area contributed by atoms with E-state index in [0.29, 0.717) is 0 Å². The molecule has 0 saturated carbocycles. The Balaban J connectivity index is 3.18. The summed E-state index contributed by atoms with van der Waals surface area (Å²) in [4.78, 5) is 19.9. The molecule has 0 aromatic rings. The van der Waals surface area contributed by atoms with Crippen LogP contribution in [0.5, 0.6) is 0 Å².